The van der Waals surface area contributed by atoms with Gasteiger partial charge < -0.3 is 18.9 Å². The fourth-order valence-electron chi connectivity index (χ4n) is 1.13. The van der Waals surface area contributed by atoms with E-state index >= 15 is 0 Å². The van der Waals surface area contributed by atoms with Crippen molar-refractivity contribution in [2.45, 2.75) is 38.8 Å². The molecule has 0 rings (SSSR count). The van der Waals surface area contributed by atoms with Crippen LogP contribution in [0.1, 0.15) is 26.7 Å². The first-order chi connectivity index (χ1) is 6.99. The van der Waals surface area contributed by atoms with Crippen LogP contribution in [0.25, 0.3) is 0 Å². The van der Waals surface area contributed by atoms with Gasteiger partial charge in [-0.05, 0) is 13.8 Å². The van der Waals surface area contributed by atoms with Gasteiger partial charge in [-0.15, -0.1) is 0 Å². The van der Waals surface area contributed by atoms with Gasteiger partial charge in [0.25, 0.3) is 5.97 Å². The maximum Gasteiger partial charge on any atom is 0.306 e. The molecule has 0 unspecified atom stereocenters. The lowest BCUT2D eigenvalue weighted by atomic mass is 10.2. The topological polar surface area (TPSA) is 54.0 Å². The van der Waals surface area contributed by atoms with Crippen LogP contribution in [0.15, 0.2) is 0 Å². The molecule has 0 amide bonds. The zero-order valence-corrected chi connectivity index (χ0v) is 10.0. The molecule has 90 valence electrons. The molecule has 5 heteroatoms. The molecule has 5 nitrogen and oxygen atoms in total. The van der Waals surface area contributed by atoms with Crippen molar-refractivity contribution >= 4 is 5.97 Å². The fourth-order valence-corrected chi connectivity index (χ4v) is 1.13. The monoisotopic (exact) mass is 220 g/mol. The average Bonchev–Trinajstić information content (AvgIpc) is 2.20. The van der Waals surface area contributed by atoms with E-state index in [4.69, 9.17) is 18.9 Å². The second-order valence-electron chi connectivity index (χ2n) is 3.33. The lowest BCUT2D eigenvalue weighted by molar-refractivity contribution is -0.355. The molecular weight excluding hydrogens is 200 g/mol. The third kappa shape index (κ3) is 5.11. The van der Waals surface area contributed by atoms with Crippen LogP contribution < -0.4 is 0 Å². The molecule has 0 aliphatic heterocycles. The molecule has 0 fully saturated rings. The molecule has 0 saturated carbocycles. The van der Waals surface area contributed by atoms with Gasteiger partial charge >= 0.3 is 5.97 Å². The summed E-state index contributed by atoms with van der Waals surface area (Å²) in [5, 5.41) is 0. The van der Waals surface area contributed by atoms with Crippen LogP contribution >= 0.6 is 0 Å². The van der Waals surface area contributed by atoms with Crippen molar-refractivity contribution in [3.05, 3.63) is 0 Å². The van der Waals surface area contributed by atoms with Gasteiger partial charge in [-0.1, -0.05) is 0 Å². The molecule has 0 spiro atoms. The number of methoxy groups -OCH3 is 3. The van der Waals surface area contributed by atoms with E-state index in [0.717, 1.165) is 0 Å². The van der Waals surface area contributed by atoms with Gasteiger partial charge in [0.1, 0.15) is 0 Å². The van der Waals surface area contributed by atoms with Crippen LogP contribution in [-0.4, -0.2) is 39.4 Å². The summed E-state index contributed by atoms with van der Waals surface area (Å²) in [4.78, 5) is 11.3. The van der Waals surface area contributed by atoms with E-state index in [-0.39, 0.29) is 18.5 Å². The van der Waals surface area contributed by atoms with E-state index in [0.29, 0.717) is 6.42 Å². The summed E-state index contributed by atoms with van der Waals surface area (Å²) in [6, 6.07) is 0. The Morgan fingerprint density at radius 2 is 1.60 bits per heavy atom. The highest BCUT2D eigenvalue weighted by atomic mass is 16.9. The van der Waals surface area contributed by atoms with E-state index in [2.05, 4.69) is 0 Å². The van der Waals surface area contributed by atoms with Crippen molar-refractivity contribution in [1.29, 1.82) is 0 Å². The van der Waals surface area contributed by atoms with Crippen LogP contribution in [0.2, 0.25) is 0 Å². The Morgan fingerprint density at radius 3 is 1.93 bits per heavy atom. The van der Waals surface area contributed by atoms with Crippen LogP contribution in [0, 0.1) is 0 Å². The standard InChI is InChI=1S/C10H20O5/c1-8(2)15-9(11)6-7-10(12-3,13-4)14-5/h8H,6-7H2,1-5H3. The van der Waals surface area contributed by atoms with Crippen molar-refractivity contribution in [3.8, 4) is 0 Å². The van der Waals surface area contributed by atoms with Crippen LogP contribution in [0.4, 0.5) is 0 Å². The number of ether oxygens (including phenoxy) is 4. The predicted octanol–water partition coefficient (Wildman–Crippen LogP) is 1.31. The Bertz CT molecular complexity index is 178. The van der Waals surface area contributed by atoms with E-state index in [1.54, 1.807) is 13.8 Å². The number of hydrogen-bond donors (Lipinski definition) is 0. The summed E-state index contributed by atoms with van der Waals surface area (Å²) >= 11 is 0. The van der Waals surface area contributed by atoms with Crippen molar-refractivity contribution in [2.75, 3.05) is 21.3 Å². The molecule has 0 aliphatic carbocycles. The van der Waals surface area contributed by atoms with E-state index in [1.165, 1.54) is 21.3 Å². The summed E-state index contributed by atoms with van der Waals surface area (Å²) in [6.07, 6.45) is 0.370. The van der Waals surface area contributed by atoms with Gasteiger partial charge in [-0.25, -0.2) is 0 Å². The Kier molecular flexibility index (Phi) is 6.47. The number of esters is 1. The second-order valence-corrected chi connectivity index (χ2v) is 3.33. The van der Waals surface area contributed by atoms with Gasteiger partial charge in [0.2, 0.25) is 0 Å². The summed E-state index contributed by atoms with van der Waals surface area (Å²) in [6.45, 7) is 3.60. The van der Waals surface area contributed by atoms with Gasteiger partial charge in [-0.2, -0.15) is 0 Å². The highest BCUT2D eigenvalue weighted by molar-refractivity contribution is 5.69. The number of rotatable bonds is 7. The predicted molar refractivity (Wildman–Crippen MR) is 54.2 cm³/mol. The van der Waals surface area contributed by atoms with E-state index < -0.39 is 5.97 Å². The first kappa shape index (κ1) is 14.3. The minimum absolute atomic E-state index is 0.112. The second kappa shape index (κ2) is 6.76. The minimum atomic E-state index is -1.16. The van der Waals surface area contributed by atoms with Crippen LogP contribution in [0.5, 0.6) is 0 Å². The third-order valence-corrected chi connectivity index (χ3v) is 1.94. The molecule has 0 N–H and O–H groups in total. The van der Waals surface area contributed by atoms with E-state index in [9.17, 15) is 4.79 Å². The lowest BCUT2D eigenvalue weighted by Gasteiger charge is -2.28. The molecule has 0 atom stereocenters. The molecule has 0 aromatic rings. The highest BCUT2D eigenvalue weighted by Gasteiger charge is 2.30. The van der Waals surface area contributed by atoms with Crippen molar-refractivity contribution in [2.24, 2.45) is 0 Å². The minimum Gasteiger partial charge on any atom is -0.463 e. The largest absolute Gasteiger partial charge is 0.463 e. The van der Waals surface area contributed by atoms with Crippen molar-refractivity contribution < 1.29 is 23.7 Å². The number of carbonyl (C=O) groups is 1. The van der Waals surface area contributed by atoms with E-state index in [1.807, 2.05) is 0 Å². The molecule has 0 saturated heterocycles. The van der Waals surface area contributed by atoms with Crippen LogP contribution in [0.3, 0.4) is 0 Å². The number of hydrogen-bond acceptors (Lipinski definition) is 5. The molecule has 0 heterocycles. The summed E-state index contributed by atoms with van der Waals surface area (Å²) in [5.74, 6) is -1.45. The van der Waals surface area contributed by atoms with Crippen LogP contribution in [-0.2, 0) is 23.7 Å². The number of carbonyl (C=O) groups excluding carboxylic acids is 1. The maximum atomic E-state index is 11.3. The molecule has 0 radical (unpaired) electrons. The Hall–Kier alpha value is -0.650. The first-order valence-corrected chi connectivity index (χ1v) is 4.84. The van der Waals surface area contributed by atoms with Gasteiger partial charge in [0.15, 0.2) is 0 Å². The molecule has 0 aromatic heterocycles. The average molecular weight is 220 g/mol. The fraction of sp³-hybridized carbons (Fsp3) is 0.900. The SMILES string of the molecule is COC(CCC(=O)OC(C)C)(OC)OC. The Labute approximate surface area is 90.6 Å². The Morgan fingerprint density at radius 1 is 1.13 bits per heavy atom. The van der Waals surface area contributed by atoms with Gasteiger partial charge in [0.05, 0.1) is 12.5 Å². The van der Waals surface area contributed by atoms with Crippen molar-refractivity contribution in [3.63, 3.8) is 0 Å². The molecular formula is C10H20O5. The first-order valence-electron chi connectivity index (χ1n) is 4.84. The summed E-state index contributed by atoms with van der Waals surface area (Å²) in [7, 11) is 4.38. The smallest absolute Gasteiger partial charge is 0.306 e. The molecule has 15 heavy (non-hydrogen) atoms. The lowest BCUT2D eigenvalue weighted by Crippen LogP contribution is -2.36. The zero-order valence-electron chi connectivity index (χ0n) is 10.0. The van der Waals surface area contributed by atoms with Gasteiger partial charge in [0, 0.05) is 27.8 Å². The molecule has 0 aliphatic rings. The summed E-state index contributed by atoms with van der Waals surface area (Å²) in [5.41, 5.74) is 0. The van der Waals surface area contributed by atoms with Gasteiger partial charge in [-0.3, -0.25) is 4.79 Å². The zero-order chi connectivity index (χ0) is 11.9. The third-order valence-electron chi connectivity index (χ3n) is 1.94. The molecule has 0 bridgehead atoms. The Balaban J connectivity index is 4.05. The quantitative estimate of drug-likeness (QED) is 0.478. The summed E-state index contributed by atoms with van der Waals surface area (Å²) < 4.78 is 20.1. The normalized spacial score (nSPS) is 11.9. The maximum absolute atomic E-state index is 11.3. The van der Waals surface area contributed by atoms with Crippen molar-refractivity contribution in [1.82, 2.24) is 0 Å². The molecule has 0 aromatic carbocycles. The highest BCUT2D eigenvalue weighted by Crippen LogP contribution is 2.19.